The number of halogens is 1. The Labute approximate surface area is 134 Å². The number of benzene rings is 2. The third-order valence-corrected chi connectivity index (χ3v) is 3.79. The molecule has 1 atom stereocenters. The van der Waals surface area contributed by atoms with Crippen LogP contribution in [0.1, 0.15) is 22.3 Å². The molecule has 0 bridgehead atoms. The van der Waals surface area contributed by atoms with Crippen molar-refractivity contribution in [2.45, 2.75) is 18.9 Å². The van der Waals surface area contributed by atoms with Crippen LogP contribution in [0.2, 0.25) is 5.02 Å². The second kappa shape index (κ2) is 7.40. The Morgan fingerprint density at radius 2 is 1.86 bits per heavy atom. The molecule has 0 aliphatic carbocycles. The van der Waals surface area contributed by atoms with E-state index >= 15 is 0 Å². The fourth-order valence-corrected chi connectivity index (χ4v) is 2.44. The lowest BCUT2D eigenvalue weighted by atomic mass is 9.97. The normalized spacial score (nSPS) is 12.1. The van der Waals surface area contributed by atoms with Crippen molar-refractivity contribution in [3.8, 4) is 11.1 Å². The average molecular weight is 319 g/mol. The molecule has 0 aliphatic heterocycles. The first-order valence-corrected chi connectivity index (χ1v) is 7.44. The van der Waals surface area contributed by atoms with Gasteiger partial charge < -0.3 is 16.6 Å². The quantitative estimate of drug-likeness (QED) is 0.763. The van der Waals surface area contributed by atoms with Gasteiger partial charge in [-0.2, -0.15) is 0 Å². The van der Waals surface area contributed by atoms with Gasteiger partial charge in [0, 0.05) is 16.6 Å². The molecule has 0 aliphatic rings. The molecular weight excluding hydrogens is 300 g/mol. The maximum atomic E-state index is 11.5. The minimum Gasteiger partial charge on any atom is -0.395 e. The van der Waals surface area contributed by atoms with Gasteiger partial charge in [-0.1, -0.05) is 35.9 Å². The molecule has 5 N–H and O–H groups in total. The Bertz CT molecular complexity index is 656. The number of primary amides is 1. The summed E-state index contributed by atoms with van der Waals surface area (Å²) < 4.78 is 0. The number of aryl methyl sites for hydroxylation is 1. The molecule has 5 heteroatoms. The van der Waals surface area contributed by atoms with Gasteiger partial charge in [-0.05, 0) is 47.7 Å². The van der Waals surface area contributed by atoms with Crippen molar-refractivity contribution in [3.05, 3.63) is 58.6 Å². The van der Waals surface area contributed by atoms with Gasteiger partial charge in [-0.25, -0.2) is 0 Å². The van der Waals surface area contributed by atoms with Crippen molar-refractivity contribution in [2.75, 3.05) is 6.61 Å². The van der Waals surface area contributed by atoms with E-state index in [2.05, 4.69) is 0 Å². The number of carbonyl (C=O) groups is 1. The third kappa shape index (κ3) is 4.07. The highest BCUT2D eigenvalue weighted by atomic mass is 35.5. The van der Waals surface area contributed by atoms with Crippen LogP contribution in [0.4, 0.5) is 0 Å². The molecule has 0 fully saturated rings. The van der Waals surface area contributed by atoms with Crippen LogP contribution in [0.3, 0.4) is 0 Å². The second-order valence-electron chi connectivity index (χ2n) is 5.23. The number of hydrogen-bond acceptors (Lipinski definition) is 3. The summed E-state index contributed by atoms with van der Waals surface area (Å²) in [6.07, 6.45) is 1.51. The molecule has 0 aromatic heterocycles. The van der Waals surface area contributed by atoms with Gasteiger partial charge in [0.05, 0.1) is 6.61 Å². The van der Waals surface area contributed by atoms with Crippen LogP contribution in [-0.4, -0.2) is 23.7 Å². The Kier molecular flexibility index (Phi) is 5.55. The van der Waals surface area contributed by atoms with Crippen molar-refractivity contribution in [3.63, 3.8) is 0 Å². The number of carbonyl (C=O) groups excluding carboxylic acids is 1. The molecule has 0 saturated carbocycles. The molecule has 0 heterocycles. The number of aliphatic hydroxyl groups is 1. The molecule has 0 unspecified atom stereocenters. The van der Waals surface area contributed by atoms with E-state index < -0.39 is 5.91 Å². The summed E-state index contributed by atoms with van der Waals surface area (Å²) in [4.78, 5) is 11.5. The molecule has 116 valence electrons. The van der Waals surface area contributed by atoms with Gasteiger partial charge in [0.2, 0.25) is 5.91 Å². The van der Waals surface area contributed by atoms with Crippen LogP contribution >= 0.6 is 11.6 Å². The van der Waals surface area contributed by atoms with Crippen molar-refractivity contribution in [1.29, 1.82) is 0 Å². The highest BCUT2D eigenvalue weighted by Gasteiger charge is 2.11. The standard InChI is InChI=1S/C17H19ClN2O2/c18-13-6-8-15(17(20)22)16(9-13)12-4-1-11(2-5-12)3-7-14(19)10-21/h1-2,4-6,8-9,14,21H,3,7,10,19H2,(H2,20,22)/t14-/m0/s1. The Hall–Kier alpha value is -1.88. The number of aliphatic hydroxyl groups excluding tert-OH is 1. The molecule has 2 rings (SSSR count). The van der Waals surface area contributed by atoms with Crippen molar-refractivity contribution in [2.24, 2.45) is 11.5 Å². The third-order valence-electron chi connectivity index (χ3n) is 3.55. The monoisotopic (exact) mass is 318 g/mol. The zero-order chi connectivity index (χ0) is 16.1. The summed E-state index contributed by atoms with van der Waals surface area (Å²) in [6.45, 7) is -0.0113. The van der Waals surface area contributed by atoms with Gasteiger partial charge in [0.15, 0.2) is 0 Å². The lowest BCUT2D eigenvalue weighted by Crippen LogP contribution is -2.24. The molecule has 4 nitrogen and oxygen atoms in total. The minimum absolute atomic E-state index is 0.0113. The predicted molar refractivity (Wildman–Crippen MR) is 88.8 cm³/mol. The van der Waals surface area contributed by atoms with Gasteiger partial charge >= 0.3 is 0 Å². The summed E-state index contributed by atoms with van der Waals surface area (Å²) >= 11 is 6.01. The summed E-state index contributed by atoms with van der Waals surface area (Å²) in [6, 6.07) is 12.6. The minimum atomic E-state index is -0.482. The summed E-state index contributed by atoms with van der Waals surface area (Å²) in [5, 5.41) is 9.49. The predicted octanol–water partition coefficient (Wildman–Crippen LogP) is 2.36. The van der Waals surface area contributed by atoms with Crippen molar-refractivity contribution in [1.82, 2.24) is 0 Å². The number of hydrogen-bond donors (Lipinski definition) is 3. The number of amides is 1. The Morgan fingerprint density at radius 3 is 2.45 bits per heavy atom. The number of rotatable bonds is 6. The summed E-state index contributed by atoms with van der Waals surface area (Å²) in [7, 11) is 0. The Morgan fingerprint density at radius 1 is 1.18 bits per heavy atom. The first-order valence-electron chi connectivity index (χ1n) is 7.06. The van der Waals surface area contributed by atoms with Crippen molar-refractivity contribution < 1.29 is 9.90 Å². The molecular formula is C17H19ClN2O2. The zero-order valence-corrected chi connectivity index (χ0v) is 12.9. The van der Waals surface area contributed by atoms with Gasteiger partial charge in [-0.15, -0.1) is 0 Å². The van der Waals surface area contributed by atoms with E-state index in [0.29, 0.717) is 10.6 Å². The van der Waals surface area contributed by atoms with Crippen LogP contribution in [0.5, 0.6) is 0 Å². The van der Waals surface area contributed by atoms with Crippen LogP contribution in [0.25, 0.3) is 11.1 Å². The van der Waals surface area contributed by atoms with E-state index in [1.54, 1.807) is 18.2 Å². The van der Waals surface area contributed by atoms with E-state index in [0.717, 1.165) is 29.5 Å². The first kappa shape index (κ1) is 16.5. The molecule has 0 saturated heterocycles. The SMILES string of the molecule is NC(=O)c1ccc(Cl)cc1-c1ccc(CC[C@H](N)CO)cc1. The van der Waals surface area contributed by atoms with Gasteiger partial charge in [0.25, 0.3) is 0 Å². The van der Waals surface area contributed by atoms with Crippen molar-refractivity contribution >= 4 is 17.5 Å². The highest BCUT2D eigenvalue weighted by molar-refractivity contribution is 6.31. The highest BCUT2D eigenvalue weighted by Crippen LogP contribution is 2.27. The lowest BCUT2D eigenvalue weighted by Gasteiger charge is -2.10. The maximum Gasteiger partial charge on any atom is 0.249 e. The van der Waals surface area contributed by atoms with E-state index in [4.69, 9.17) is 28.2 Å². The Balaban J connectivity index is 2.24. The van der Waals surface area contributed by atoms with Crippen LogP contribution < -0.4 is 11.5 Å². The fraction of sp³-hybridized carbons (Fsp3) is 0.235. The number of nitrogens with two attached hydrogens (primary N) is 2. The maximum absolute atomic E-state index is 11.5. The van der Waals surface area contributed by atoms with Crippen LogP contribution in [0.15, 0.2) is 42.5 Å². The molecule has 0 radical (unpaired) electrons. The van der Waals surface area contributed by atoms with E-state index in [-0.39, 0.29) is 12.6 Å². The van der Waals surface area contributed by atoms with Crippen LogP contribution in [0, 0.1) is 0 Å². The van der Waals surface area contributed by atoms with Crippen LogP contribution in [-0.2, 0) is 6.42 Å². The molecule has 22 heavy (non-hydrogen) atoms. The smallest absolute Gasteiger partial charge is 0.249 e. The molecule has 1 amide bonds. The second-order valence-corrected chi connectivity index (χ2v) is 5.67. The molecule has 0 spiro atoms. The van der Waals surface area contributed by atoms with E-state index in [9.17, 15) is 4.79 Å². The van der Waals surface area contributed by atoms with E-state index in [1.165, 1.54) is 0 Å². The molecule has 2 aromatic rings. The van der Waals surface area contributed by atoms with Gasteiger partial charge in [-0.3, -0.25) is 4.79 Å². The topological polar surface area (TPSA) is 89.3 Å². The fourth-order valence-electron chi connectivity index (χ4n) is 2.26. The van der Waals surface area contributed by atoms with E-state index in [1.807, 2.05) is 24.3 Å². The average Bonchev–Trinajstić information content (AvgIpc) is 2.52. The summed E-state index contributed by atoms with van der Waals surface area (Å²) in [5.74, 6) is -0.482. The first-order chi connectivity index (χ1) is 10.5. The largest absolute Gasteiger partial charge is 0.395 e. The van der Waals surface area contributed by atoms with Gasteiger partial charge in [0.1, 0.15) is 0 Å². The summed E-state index contributed by atoms with van der Waals surface area (Å²) in [5.41, 5.74) is 14.3. The lowest BCUT2D eigenvalue weighted by molar-refractivity contribution is 0.100. The molecule has 2 aromatic carbocycles. The zero-order valence-electron chi connectivity index (χ0n) is 12.1.